The second-order valence-corrected chi connectivity index (χ2v) is 3.02. The Hall–Kier alpha value is 0.440. The van der Waals surface area contributed by atoms with Gasteiger partial charge in [-0.25, -0.2) is 0 Å². The van der Waals surface area contributed by atoms with Gasteiger partial charge in [-0.2, -0.15) is 0 Å². The van der Waals surface area contributed by atoms with Crippen LogP contribution in [0.3, 0.4) is 0 Å². The van der Waals surface area contributed by atoms with Crippen molar-refractivity contribution in [1.82, 2.24) is 0 Å². The zero-order valence-corrected chi connectivity index (χ0v) is 8.49. The van der Waals surface area contributed by atoms with E-state index in [1.165, 1.54) is 19.3 Å². The van der Waals surface area contributed by atoms with Crippen molar-refractivity contribution < 1.29 is 4.74 Å². The number of hydrogen-bond donors (Lipinski definition) is 0. The molecule has 0 saturated carbocycles. The van der Waals surface area contributed by atoms with Crippen molar-refractivity contribution in [3.63, 3.8) is 0 Å². The zero-order chi connectivity index (χ0) is 7.82. The summed E-state index contributed by atoms with van der Waals surface area (Å²) in [6.45, 7) is 5.08. The Morgan fingerprint density at radius 2 is 2.10 bits per heavy atom. The highest BCUT2D eigenvalue weighted by molar-refractivity contribution is 9.09. The van der Waals surface area contributed by atoms with Crippen LogP contribution in [0.15, 0.2) is 0 Å². The van der Waals surface area contributed by atoms with Crippen LogP contribution in [0.1, 0.15) is 33.1 Å². The summed E-state index contributed by atoms with van der Waals surface area (Å²) in [6, 6.07) is 0. The fraction of sp³-hybridized carbons (Fsp3) is 1.00. The molecule has 0 aromatic carbocycles. The Kier molecular flexibility index (Phi) is 7.88. The molecule has 0 amide bonds. The Morgan fingerprint density at radius 1 is 1.40 bits per heavy atom. The molecule has 0 spiro atoms. The van der Waals surface area contributed by atoms with Crippen molar-refractivity contribution in [2.75, 3.05) is 11.9 Å². The first-order valence-electron chi connectivity index (χ1n) is 4.02. The second-order valence-electron chi connectivity index (χ2n) is 2.37. The van der Waals surface area contributed by atoms with E-state index in [9.17, 15) is 0 Å². The van der Waals surface area contributed by atoms with Gasteiger partial charge in [0, 0.05) is 11.9 Å². The van der Waals surface area contributed by atoms with Crippen LogP contribution in [0, 0.1) is 0 Å². The van der Waals surface area contributed by atoms with Crippen molar-refractivity contribution in [3.05, 3.63) is 0 Å². The standard InChI is InChI=1S/C8H17BrO/c1-3-5-6-8(7-9)10-4-2/h8H,3-7H2,1-2H3. The molecule has 0 saturated heterocycles. The van der Waals surface area contributed by atoms with Crippen LogP contribution in [0.25, 0.3) is 0 Å². The van der Waals surface area contributed by atoms with E-state index in [4.69, 9.17) is 4.74 Å². The quantitative estimate of drug-likeness (QED) is 0.611. The van der Waals surface area contributed by atoms with Gasteiger partial charge in [-0.15, -0.1) is 0 Å². The van der Waals surface area contributed by atoms with Gasteiger partial charge in [0.25, 0.3) is 0 Å². The van der Waals surface area contributed by atoms with Crippen LogP contribution in [0.4, 0.5) is 0 Å². The lowest BCUT2D eigenvalue weighted by Gasteiger charge is -2.12. The van der Waals surface area contributed by atoms with Crippen LogP contribution < -0.4 is 0 Å². The van der Waals surface area contributed by atoms with E-state index < -0.39 is 0 Å². The van der Waals surface area contributed by atoms with Crippen LogP contribution >= 0.6 is 15.9 Å². The maximum atomic E-state index is 5.45. The molecule has 1 atom stereocenters. The summed E-state index contributed by atoms with van der Waals surface area (Å²) in [7, 11) is 0. The summed E-state index contributed by atoms with van der Waals surface area (Å²) in [5.74, 6) is 0. The van der Waals surface area contributed by atoms with Crippen LogP contribution in [-0.4, -0.2) is 18.0 Å². The smallest absolute Gasteiger partial charge is 0.0671 e. The van der Waals surface area contributed by atoms with Crippen LogP contribution in [-0.2, 0) is 4.74 Å². The molecular weight excluding hydrogens is 192 g/mol. The Balaban J connectivity index is 3.21. The highest BCUT2D eigenvalue weighted by Crippen LogP contribution is 2.06. The molecule has 10 heavy (non-hydrogen) atoms. The van der Waals surface area contributed by atoms with E-state index in [1.54, 1.807) is 0 Å². The summed E-state index contributed by atoms with van der Waals surface area (Å²) < 4.78 is 5.45. The largest absolute Gasteiger partial charge is 0.378 e. The number of hydrogen-bond acceptors (Lipinski definition) is 1. The summed E-state index contributed by atoms with van der Waals surface area (Å²) in [6.07, 6.45) is 4.16. The third-order valence-corrected chi connectivity index (χ3v) is 2.18. The summed E-state index contributed by atoms with van der Waals surface area (Å²) >= 11 is 3.42. The highest BCUT2D eigenvalue weighted by atomic mass is 79.9. The van der Waals surface area contributed by atoms with Crippen LogP contribution in [0.5, 0.6) is 0 Å². The molecule has 0 aliphatic heterocycles. The van der Waals surface area contributed by atoms with E-state index >= 15 is 0 Å². The molecule has 2 heteroatoms. The van der Waals surface area contributed by atoms with Crippen molar-refractivity contribution in [2.45, 2.75) is 39.2 Å². The molecule has 0 aliphatic rings. The number of alkyl halides is 1. The molecule has 0 N–H and O–H groups in total. The summed E-state index contributed by atoms with van der Waals surface area (Å²) in [4.78, 5) is 0. The molecule has 0 aromatic rings. The van der Waals surface area contributed by atoms with E-state index in [0.717, 1.165) is 11.9 Å². The molecular formula is C8H17BrO. The predicted octanol–water partition coefficient (Wildman–Crippen LogP) is 2.98. The van der Waals surface area contributed by atoms with Gasteiger partial charge in [0.05, 0.1) is 6.10 Å². The van der Waals surface area contributed by atoms with Gasteiger partial charge in [-0.05, 0) is 13.3 Å². The Labute approximate surface area is 72.3 Å². The van der Waals surface area contributed by atoms with Gasteiger partial charge in [0.1, 0.15) is 0 Å². The van der Waals surface area contributed by atoms with Gasteiger partial charge >= 0.3 is 0 Å². The lowest BCUT2D eigenvalue weighted by molar-refractivity contribution is 0.0729. The third-order valence-electron chi connectivity index (χ3n) is 1.45. The first-order chi connectivity index (χ1) is 4.85. The topological polar surface area (TPSA) is 9.23 Å². The predicted molar refractivity (Wildman–Crippen MR) is 48.7 cm³/mol. The van der Waals surface area contributed by atoms with E-state index in [1.807, 2.05) is 6.92 Å². The fourth-order valence-electron chi connectivity index (χ4n) is 0.873. The van der Waals surface area contributed by atoms with Crippen molar-refractivity contribution in [1.29, 1.82) is 0 Å². The van der Waals surface area contributed by atoms with Crippen LogP contribution in [0.2, 0.25) is 0 Å². The molecule has 0 rings (SSSR count). The maximum absolute atomic E-state index is 5.45. The SMILES string of the molecule is CCCCC(CBr)OCC. The summed E-state index contributed by atoms with van der Waals surface area (Å²) in [5.41, 5.74) is 0. The van der Waals surface area contributed by atoms with E-state index in [-0.39, 0.29) is 0 Å². The molecule has 0 radical (unpaired) electrons. The average Bonchev–Trinajstić information content (AvgIpc) is 1.98. The molecule has 0 aromatic heterocycles. The van der Waals surface area contributed by atoms with Gasteiger partial charge in [0.15, 0.2) is 0 Å². The van der Waals surface area contributed by atoms with Crippen molar-refractivity contribution in [3.8, 4) is 0 Å². The monoisotopic (exact) mass is 208 g/mol. The number of halogens is 1. The molecule has 1 nitrogen and oxygen atoms in total. The fourth-order valence-corrected chi connectivity index (χ4v) is 1.38. The first-order valence-corrected chi connectivity index (χ1v) is 5.14. The van der Waals surface area contributed by atoms with Crippen molar-refractivity contribution in [2.24, 2.45) is 0 Å². The minimum absolute atomic E-state index is 0.435. The number of unbranched alkanes of at least 4 members (excludes halogenated alkanes) is 1. The van der Waals surface area contributed by atoms with Gasteiger partial charge < -0.3 is 4.74 Å². The average molecular weight is 209 g/mol. The van der Waals surface area contributed by atoms with Gasteiger partial charge in [-0.1, -0.05) is 35.7 Å². The molecule has 0 aliphatic carbocycles. The Morgan fingerprint density at radius 3 is 2.50 bits per heavy atom. The maximum Gasteiger partial charge on any atom is 0.0671 e. The minimum Gasteiger partial charge on any atom is -0.378 e. The molecule has 62 valence electrons. The second kappa shape index (κ2) is 7.55. The van der Waals surface area contributed by atoms with Gasteiger partial charge in [-0.3, -0.25) is 0 Å². The number of rotatable bonds is 6. The Bertz CT molecular complexity index is 66.3. The zero-order valence-electron chi connectivity index (χ0n) is 6.90. The molecule has 1 unspecified atom stereocenters. The van der Waals surface area contributed by atoms with Crippen molar-refractivity contribution >= 4 is 15.9 Å². The highest BCUT2D eigenvalue weighted by Gasteiger charge is 2.03. The lowest BCUT2D eigenvalue weighted by atomic mass is 10.2. The van der Waals surface area contributed by atoms with E-state index in [0.29, 0.717) is 6.10 Å². The number of ether oxygens (including phenoxy) is 1. The molecule has 0 heterocycles. The van der Waals surface area contributed by atoms with E-state index in [2.05, 4.69) is 22.9 Å². The molecule has 0 fully saturated rings. The minimum atomic E-state index is 0.435. The normalized spacial score (nSPS) is 13.5. The lowest BCUT2D eigenvalue weighted by Crippen LogP contribution is -2.13. The molecule has 0 bridgehead atoms. The van der Waals surface area contributed by atoms with Gasteiger partial charge in [0.2, 0.25) is 0 Å². The summed E-state index contributed by atoms with van der Waals surface area (Å²) in [5, 5.41) is 0.973. The third kappa shape index (κ3) is 5.24. The first kappa shape index (κ1) is 10.4.